The number of likely N-dealkylation sites (tertiary alicyclic amines) is 1. The van der Waals surface area contributed by atoms with Crippen LogP contribution in [0.1, 0.15) is 36.4 Å². The Morgan fingerprint density at radius 2 is 2.44 bits per heavy atom. The number of urea groups is 1. The van der Waals surface area contributed by atoms with Gasteiger partial charge in [-0.2, -0.15) is 0 Å². The third-order valence-corrected chi connectivity index (χ3v) is 6.16. The van der Waals surface area contributed by atoms with Crippen LogP contribution in [0.4, 0.5) is 4.79 Å². The second-order valence-corrected chi connectivity index (χ2v) is 8.34. The zero-order valence-electron chi connectivity index (χ0n) is 14.5. The molecule has 0 saturated carbocycles. The van der Waals surface area contributed by atoms with E-state index in [1.54, 1.807) is 23.1 Å². The van der Waals surface area contributed by atoms with Gasteiger partial charge in [0.25, 0.3) is 0 Å². The first-order valence-electron chi connectivity index (χ1n) is 8.81. The van der Waals surface area contributed by atoms with Gasteiger partial charge in [0.2, 0.25) is 5.16 Å². The first kappa shape index (κ1) is 18.3. The molecule has 2 amide bonds. The molecule has 3 rings (SSSR count). The summed E-state index contributed by atoms with van der Waals surface area (Å²) in [5, 5.41) is 12.8. The summed E-state index contributed by atoms with van der Waals surface area (Å²) in [4.78, 5) is 20.3. The van der Waals surface area contributed by atoms with E-state index in [0.717, 1.165) is 49.0 Å². The Morgan fingerprint density at radius 3 is 3.20 bits per heavy atom. The fourth-order valence-corrected chi connectivity index (χ4v) is 4.54. The van der Waals surface area contributed by atoms with E-state index in [1.165, 1.54) is 11.3 Å². The summed E-state index contributed by atoms with van der Waals surface area (Å²) in [5.41, 5.74) is 0. The number of hydrogen-bond acceptors (Lipinski definition) is 5. The molecule has 0 aliphatic carbocycles. The number of nitrogens with zero attached hydrogens (tertiary/aromatic N) is 3. The van der Waals surface area contributed by atoms with E-state index in [1.807, 2.05) is 11.8 Å². The van der Waals surface area contributed by atoms with Crippen LogP contribution in [0.15, 0.2) is 22.7 Å². The van der Waals surface area contributed by atoms with Gasteiger partial charge in [0.1, 0.15) is 5.82 Å². The molecule has 1 saturated heterocycles. The Hall–Kier alpha value is -1.54. The van der Waals surface area contributed by atoms with Gasteiger partial charge in [-0.25, -0.2) is 9.78 Å². The van der Waals surface area contributed by atoms with Crippen LogP contribution in [0.25, 0.3) is 0 Å². The number of thiophene rings is 1. The summed E-state index contributed by atoms with van der Waals surface area (Å²) < 4.78 is 0. The molecule has 2 N–H and O–H groups in total. The standard InChI is InChI=1S/C17H25N5OS2/c1-13-19-16(21-20-13)25-12-9-18-17(23)22-10-3-2-5-14(22)7-8-15-6-4-11-24-15/h4,6,11,14H,2-3,5,7-10,12H2,1H3,(H,18,23)(H,19,20,21). The van der Waals surface area contributed by atoms with Crippen molar-refractivity contribution >= 4 is 29.1 Å². The molecule has 0 radical (unpaired) electrons. The summed E-state index contributed by atoms with van der Waals surface area (Å²) >= 11 is 3.36. The number of amides is 2. The minimum atomic E-state index is 0.0719. The lowest BCUT2D eigenvalue weighted by Gasteiger charge is -2.35. The van der Waals surface area contributed by atoms with E-state index in [2.05, 4.69) is 38.0 Å². The number of aromatic amines is 1. The van der Waals surface area contributed by atoms with Gasteiger partial charge < -0.3 is 10.2 Å². The van der Waals surface area contributed by atoms with Gasteiger partial charge in [-0.15, -0.1) is 16.4 Å². The van der Waals surface area contributed by atoms with Crippen molar-refractivity contribution in [3.8, 4) is 0 Å². The van der Waals surface area contributed by atoms with Crippen LogP contribution in [0.3, 0.4) is 0 Å². The number of carbonyl (C=O) groups is 1. The zero-order chi connectivity index (χ0) is 17.5. The average Bonchev–Trinajstić information content (AvgIpc) is 3.28. The topological polar surface area (TPSA) is 73.9 Å². The summed E-state index contributed by atoms with van der Waals surface area (Å²) in [5.74, 6) is 1.59. The molecule has 1 fully saturated rings. The molecule has 0 bridgehead atoms. The van der Waals surface area contributed by atoms with Gasteiger partial charge in [-0.05, 0) is 50.5 Å². The number of aromatic nitrogens is 3. The summed E-state index contributed by atoms with van der Waals surface area (Å²) in [6.07, 6.45) is 5.56. The SMILES string of the molecule is Cc1nc(SCCNC(=O)N2CCCCC2CCc2cccs2)n[nH]1. The van der Waals surface area contributed by atoms with Gasteiger partial charge in [-0.1, -0.05) is 17.8 Å². The Morgan fingerprint density at radius 1 is 1.52 bits per heavy atom. The lowest BCUT2D eigenvalue weighted by atomic mass is 9.98. The number of nitrogens with one attached hydrogen (secondary N) is 2. The number of H-pyrrole nitrogens is 1. The van der Waals surface area contributed by atoms with E-state index in [4.69, 9.17) is 0 Å². The van der Waals surface area contributed by atoms with Gasteiger partial charge in [0, 0.05) is 29.8 Å². The maximum Gasteiger partial charge on any atom is 0.317 e. The number of aryl methyl sites for hydroxylation is 2. The monoisotopic (exact) mass is 379 g/mol. The molecular weight excluding hydrogens is 354 g/mol. The number of hydrogen-bond donors (Lipinski definition) is 2. The molecule has 1 unspecified atom stereocenters. The summed E-state index contributed by atoms with van der Waals surface area (Å²) in [6.45, 7) is 3.38. The van der Waals surface area contributed by atoms with Crippen LogP contribution in [0.5, 0.6) is 0 Å². The fourth-order valence-electron chi connectivity index (χ4n) is 3.12. The van der Waals surface area contributed by atoms with Gasteiger partial charge in [0.15, 0.2) is 0 Å². The van der Waals surface area contributed by atoms with Crippen LogP contribution in [0.2, 0.25) is 0 Å². The highest BCUT2D eigenvalue weighted by atomic mass is 32.2. The maximum atomic E-state index is 12.6. The molecule has 1 atom stereocenters. The molecule has 2 aromatic heterocycles. The van der Waals surface area contributed by atoms with Crippen LogP contribution in [-0.4, -0.2) is 51.0 Å². The van der Waals surface area contributed by atoms with Gasteiger partial charge in [0.05, 0.1) is 0 Å². The van der Waals surface area contributed by atoms with Crippen molar-refractivity contribution < 1.29 is 4.79 Å². The van der Waals surface area contributed by atoms with Crippen molar-refractivity contribution in [1.82, 2.24) is 25.4 Å². The molecule has 3 heterocycles. The quantitative estimate of drug-likeness (QED) is 0.571. The van der Waals surface area contributed by atoms with Crippen LogP contribution in [0, 0.1) is 6.92 Å². The first-order chi connectivity index (χ1) is 12.2. The van der Waals surface area contributed by atoms with Crippen molar-refractivity contribution in [2.24, 2.45) is 0 Å². The predicted octanol–water partition coefficient (Wildman–Crippen LogP) is 3.46. The third-order valence-electron chi connectivity index (χ3n) is 4.38. The van der Waals surface area contributed by atoms with Crippen molar-refractivity contribution in [2.75, 3.05) is 18.8 Å². The van der Waals surface area contributed by atoms with Gasteiger partial charge in [-0.3, -0.25) is 5.10 Å². The molecule has 8 heteroatoms. The summed E-state index contributed by atoms with van der Waals surface area (Å²) in [6, 6.07) is 4.71. The number of thioether (sulfide) groups is 1. The Balaban J connectivity index is 1.42. The second-order valence-electron chi connectivity index (χ2n) is 6.24. The van der Waals surface area contributed by atoms with E-state index in [0.29, 0.717) is 12.6 Å². The number of carbonyl (C=O) groups excluding carboxylic acids is 1. The van der Waals surface area contributed by atoms with Crippen LogP contribution < -0.4 is 5.32 Å². The van der Waals surface area contributed by atoms with E-state index < -0.39 is 0 Å². The molecule has 136 valence electrons. The first-order valence-corrected chi connectivity index (χ1v) is 10.7. The molecular formula is C17H25N5OS2. The van der Waals surface area contributed by atoms with Crippen molar-refractivity contribution in [3.05, 3.63) is 28.2 Å². The molecule has 2 aromatic rings. The molecule has 0 aromatic carbocycles. The Bertz CT molecular complexity index is 658. The highest BCUT2D eigenvalue weighted by Crippen LogP contribution is 2.22. The Labute approximate surface area is 156 Å². The number of piperidine rings is 1. The molecule has 0 spiro atoms. The normalized spacial score (nSPS) is 17.6. The molecule has 6 nitrogen and oxygen atoms in total. The molecule has 25 heavy (non-hydrogen) atoms. The van der Waals surface area contributed by atoms with E-state index >= 15 is 0 Å². The highest BCUT2D eigenvalue weighted by Gasteiger charge is 2.26. The van der Waals surface area contributed by atoms with Crippen LogP contribution in [-0.2, 0) is 6.42 Å². The Kier molecular flexibility index (Phi) is 6.75. The third kappa shape index (κ3) is 5.47. The smallest absolute Gasteiger partial charge is 0.317 e. The maximum absolute atomic E-state index is 12.6. The predicted molar refractivity (Wildman–Crippen MR) is 102 cm³/mol. The van der Waals surface area contributed by atoms with Crippen molar-refractivity contribution in [1.29, 1.82) is 0 Å². The van der Waals surface area contributed by atoms with Gasteiger partial charge >= 0.3 is 6.03 Å². The number of rotatable bonds is 7. The average molecular weight is 380 g/mol. The van der Waals surface area contributed by atoms with Crippen molar-refractivity contribution in [3.63, 3.8) is 0 Å². The fraction of sp³-hybridized carbons (Fsp3) is 0.588. The van der Waals surface area contributed by atoms with Crippen LogP contribution >= 0.6 is 23.1 Å². The minimum absolute atomic E-state index is 0.0719. The lowest BCUT2D eigenvalue weighted by Crippen LogP contribution is -2.49. The molecule has 1 aliphatic rings. The zero-order valence-corrected chi connectivity index (χ0v) is 16.2. The van der Waals surface area contributed by atoms with E-state index in [-0.39, 0.29) is 6.03 Å². The van der Waals surface area contributed by atoms with Crippen molar-refractivity contribution in [2.45, 2.75) is 50.2 Å². The summed E-state index contributed by atoms with van der Waals surface area (Å²) in [7, 11) is 0. The lowest BCUT2D eigenvalue weighted by molar-refractivity contribution is 0.147. The molecule has 1 aliphatic heterocycles. The highest BCUT2D eigenvalue weighted by molar-refractivity contribution is 7.99. The second kappa shape index (κ2) is 9.24. The minimum Gasteiger partial charge on any atom is -0.337 e. The van der Waals surface area contributed by atoms with E-state index in [9.17, 15) is 4.79 Å². The largest absolute Gasteiger partial charge is 0.337 e.